The van der Waals surface area contributed by atoms with Gasteiger partial charge < -0.3 is 5.32 Å². The summed E-state index contributed by atoms with van der Waals surface area (Å²) in [4.78, 5) is 0. The van der Waals surface area contributed by atoms with Gasteiger partial charge in [0.1, 0.15) is 0 Å². The minimum atomic E-state index is 0.490. The largest absolute Gasteiger partial charge is 0.307 e. The normalized spacial score (nSPS) is 30.0. The van der Waals surface area contributed by atoms with Crippen LogP contribution in [0.1, 0.15) is 51.6 Å². The fraction of sp³-hybridized carbons (Fsp3) is 0.600. The first-order chi connectivity index (χ1) is 10.1. The van der Waals surface area contributed by atoms with Crippen LogP contribution in [0, 0.1) is 23.7 Å². The summed E-state index contributed by atoms with van der Waals surface area (Å²) in [6, 6.07) is 12.1. The molecule has 1 N–H and O–H groups in total. The topological polar surface area (TPSA) is 12.0 Å². The van der Waals surface area contributed by atoms with Crippen LogP contribution >= 0.6 is 0 Å². The fourth-order valence-electron chi connectivity index (χ4n) is 4.30. The number of benzene rings is 1. The van der Waals surface area contributed by atoms with E-state index in [-0.39, 0.29) is 0 Å². The molecule has 3 rings (SSSR count). The Bertz CT molecular complexity index is 476. The number of nitrogens with one attached hydrogen (secondary N) is 1. The van der Waals surface area contributed by atoms with Gasteiger partial charge in [-0.2, -0.15) is 0 Å². The number of hydrogen-bond donors (Lipinski definition) is 1. The predicted molar refractivity (Wildman–Crippen MR) is 90.1 cm³/mol. The first kappa shape index (κ1) is 14.8. The van der Waals surface area contributed by atoms with Crippen LogP contribution in [0.15, 0.2) is 42.5 Å². The molecule has 2 bridgehead atoms. The lowest BCUT2D eigenvalue weighted by Crippen LogP contribution is -2.38. The van der Waals surface area contributed by atoms with Crippen LogP contribution in [0.2, 0.25) is 0 Å². The average Bonchev–Trinajstić information content (AvgIpc) is 3.09. The Kier molecular flexibility index (Phi) is 4.49. The Balaban J connectivity index is 1.68. The summed E-state index contributed by atoms with van der Waals surface area (Å²) in [6.45, 7) is 7.04. The molecule has 5 unspecified atom stereocenters. The Hall–Kier alpha value is -1.08. The van der Waals surface area contributed by atoms with Gasteiger partial charge in [0, 0.05) is 12.1 Å². The van der Waals surface area contributed by atoms with Crippen LogP contribution < -0.4 is 5.32 Å². The third-order valence-corrected chi connectivity index (χ3v) is 5.35. The van der Waals surface area contributed by atoms with Gasteiger partial charge in [-0.15, -0.1) is 0 Å². The number of rotatable bonds is 6. The minimum absolute atomic E-state index is 0.490. The third kappa shape index (κ3) is 3.40. The Morgan fingerprint density at radius 1 is 1.05 bits per heavy atom. The van der Waals surface area contributed by atoms with Crippen LogP contribution in [0.5, 0.6) is 0 Å². The zero-order chi connectivity index (χ0) is 14.8. The molecule has 0 saturated heterocycles. The van der Waals surface area contributed by atoms with E-state index in [9.17, 15) is 0 Å². The van der Waals surface area contributed by atoms with Gasteiger partial charge in [-0.25, -0.2) is 0 Å². The van der Waals surface area contributed by atoms with E-state index < -0.39 is 0 Å². The lowest BCUT2D eigenvalue weighted by Gasteiger charge is -2.31. The summed E-state index contributed by atoms with van der Waals surface area (Å²) in [5.41, 5.74) is 1.44. The Morgan fingerprint density at radius 2 is 1.81 bits per heavy atom. The molecular weight excluding hydrogens is 254 g/mol. The highest BCUT2D eigenvalue weighted by atomic mass is 15.0. The first-order valence-corrected chi connectivity index (χ1v) is 8.62. The molecule has 1 aromatic rings. The number of hydrogen-bond acceptors (Lipinski definition) is 1. The van der Waals surface area contributed by atoms with Crippen molar-refractivity contribution in [2.24, 2.45) is 23.7 Å². The molecule has 0 amide bonds. The molecule has 0 radical (unpaired) electrons. The maximum atomic E-state index is 3.96. The SMILES string of the molecule is CC(C)CC(NC(C)C1CC2C=CC1C2)c1ccccc1. The van der Waals surface area contributed by atoms with E-state index in [1.165, 1.54) is 24.8 Å². The summed E-state index contributed by atoms with van der Waals surface area (Å²) in [6.07, 6.45) is 8.91. The van der Waals surface area contributed by atoms with E-state index in [2.05, 4.69) is 68.6 Å². The summed E-state index contributed by atoms with van der Waals surface area (Å²) < 4.78 is 0. The van der Waals surface area contributed by atoms with Crippen molar-refractivity contribution < 1.29 is 0 Å². The summed E-state index contributed by atoms with van der Waals surface area (Å²) in [5, 5.41) is 3.96. The monoisotopic (exact) mass is 283 g/mol. The van der Waals surface area contributed by atoms with Crippen molar-refractivity contribution in [3.63, 3.8) is 0 Å². The highest BCUT2D eigenvalue weighted by Gasteiger charge is 2.38. The van der Waals surface area contributed by atoms with E-state index in [1.807, 2.05) is 0 Å². The molecule has 1 heteroatoms. The number of fused-ring (bicyclic) bond motifs is 2. The van der Waals surface area contributed by atoms with E-state index in [1.54, 1.807) is 0 Å². The molecule has 0 aromatic heterocycles. The van der Waals surface area contributed by atoms with Gasteiger partial charge >= 0.3 is 0 Å². The van der Waals surface area contributed by atoms with Crippen molar-refractivity contribution in [1.29, 1.82) is 0 Å². The molecule has 114 valence electrons. The van der Waals surface area contributed by atoms with Crippen LogP contribution in [-0.2, 0) is 0 Å². The standard InChI is InChI=1S/C20H29N/c1-14(2)11-20(17-7-5-4-6-8-17)21-15(3)19-13-16-9-10-18(19)12-16/h4-10,14-16,18-21H,11-13H2,1-3H3. The maximum absolute atomic E-state index is 3.96. The lowest BCUT2D eigenvalue weighted by atomic mass is 9.86. The molecule has 0 aliphatic heterocycles. The van der Waals surface area contributed by atoms with E-state index in [0.29, 0.717) is 12.1 Å². The minimum Gasteiger partial charge on any atom is -0.307 e. The number of allylic oxidation sites excluding steroid dienone is 2. The van der Waals surface area contributed by atoms with Crippen molar-refractivity contribution in [2.75, 3.05) is 0 Å². The molecule has 1 fully saturated rings. The van der Waals surface area contributed by atoms with Gasteiger partial charge in [0.25, 0.3) is 0 Å². The van der Waals surface area contributed by atoms with E-state index >= 15 is 0 Å². The van der Waals surface area contributed by atoms with Crippen LogP contribution in [0.3, 0.4) is 0 Å². The first-order valence-electron chi connectivity index (χ1n) is 8.62. The van der Waals surface area contributed by atoms with Gasteiger partial charge in [0.2, 0.25) is 0 Å². The summed E-state index contributed by atoms with van der Waals surface area (Å²) >= 11 is 0. The highest BCUT2D eigenvalue weighted by molar-refractivity contribution is 5.19. The van der Waals surface area contributed by atoms with E-state index in [0.717, 1.165) is 23.7 Å². The molecule has 1 aromatic carbocycles. The van der Waals surface area contributed by atoms with Crippen molar-refractivity contribution in [1.82, 2.24) is 5.32 Å². The lowest BCUT2D eigenvalue weighted by molar-refractivity contribution is 0.284. The molecule has 5 atom stereocenters. The second kappa shape index (κ2) is 6.36. The Morgan fingerprint density at radius 3 is 2.38 bits per heavy atom. The van der Waals surface area contributed by atoms with E-state index in [4.69, 9.17) is 0 Å². The molecule has 1 saturated carbocycles. The highest BCUT2D eigenvalue weighted by Crippen LogP contribution is 2.45. The summed E-state index contributed by atoms with van der Waals surface area (Å²) in [5.74, 6) is 3.24. The third-order valence-electron chi connectivity index (χ3n) is 5.35. The van der Waals surface area contributed by atoms with Gasteiger partial charge in [-0.1, -0.05) is 56.3 Å². The molecule has 2 aliphatic rings. The van der Waals surface area contributed by atoms with Crippen molar-refractivity contribution in [3.8, 4) is 0 Å². The quantitative estimate of drug-likeness (QED) is 0.727. The van der Waals surface area contributed by atoms with Gasteiger partial charge in [-0.05, 0) is 55.4 Å². The van der Waals surface area contributed by atoms with Gasteiger partial charge in [-0.3, -0.25) is 0 Å². The second-order valence-corrected chi connectivity index (χ2v) is 7.49. The summed E-state index contributed by atoms with van der Waals surface area (Å²) in [7, 11) is 0. The molecule has 21 heavy (non-hydrogen) atoms. The van der Waals surface area contributed by atoms with Crippen LogP contribution in [0.25, 0.3) is 0 Å². The van der Waals surface area contributed by atoms with Gasteiger partial charge in [0.15, 0.2) is 0 Å². The van der Waals surface area contributed by atoms with Crippen molar-refractivity contribution in [3.05, 3.63) is 48.0 Å². The van der Waals surface area contributed by atoms with Crippen LogP contribution in [0.4, 0.5) is 0 Å². The smallest absolute Gasteiger partial charge is 0.0325 e. The zero-order valence-corrected chi connectivity index (χ0v) is 13.6. The predicted octanol–water partition coefficient (Wildman–Crippen LogP) is 4.96. The van der Waals surface area contributed by atoms with Crippen LogP contribution in [-0.4, -0.2) is 6.04 Å². The molecule has 1 nitrogen and oxygen atoms in total. The molecule has 0 heterocycles. The molecule has 0 spiro atoms. The molecule has 2 aliphatic carbocycles. The maximum Gasteiger partial charge on any atom is 0.0325 e. The Labute approximate surface area is 129 Å². The van der Waals surface area contributed by atoms with Crippen molar-refractivity contribution in [2.45, 2.75) is 52.1 Å². The molecular formula is C20H29N. The van der Waals surface area contributed by atoms with Crippen molar-refractivity contribution >= 4 is 0 Å². The fourth-order valence-corrected chi connectivity index (χ4v) is 4.30. The zero-order valence-electron chi connectivity index (χ0n) is 13.6. The van der Waals surface area contributed by atoms with Gasteiger partial charge in [0.05, 0.1) is 0 Å². The average molecular weight is 283 g/mol. The second-order valence-electron chi connectivity index (χ2n) is 7.49.